The number of halogens is 3. The second kappa shape index (κ2) is 5.71. The minimum Gasteiger partial charge on any atom is -0.292 e. The first-order valence-electron chi connectivity index (χ1n) is 6.10. The molecule has 0 atom stereocenters. The summed E-state index contributed by atoms with van der Waals surface area (Å²) < 4.78 is 28.2. The van der Waals surface area contributed by atoms with Gasteiger partial charge in [0.25, 0.3) is 5.56 Å². The zero-order valence-electron chi connectivity index (χ0n) is 11.0. The molecule has 20 heavy (non-hydrogen) atoms. The maximum atomic E-state index is 13.7. The van der Waals surface area contributed by atoms with Gasteiger partial charge in [0.05, 0.1) is 6.54 Å². The molecule has 1 heterocycles. The molecule has 0 bridgehead atoms. The highest BCUT2D eigenvalue weighted by Crippen LogP contribution is 2.17. The van der Waals surface area contributed by atoms with Crippen molar-refractivity contribution in [1.29, 1.82) is 0 Å². The zero-order chi connectivity index (χ0) is 14.9. The van der Waals surface area contributed by atoms with Crippen LogP contribution in [0.15, 0.2) is 29.1 Å². The van der Waals surface area contributed by atoms with Gasteiger partial charge in [-0.25, -0.2) is 13.8 Å². The van der Waals surface area contributed by atoms with E-state index < -0.39 is 17.2 Å². The van der Waals surface area contributed by atoms with E-state index in [1.165, 1.54) is 16.7 Å². The molecule has 0 saturated heterocycles. The van der Waals surface area contributed by atoms with Crippen LogP contribution in [0.1, 0.15) is 31.2 Å². The molecule has 0 aliphatic heterocycles. The Balaban J connectivity index is 2.53. The Morgan fingerprint density at radius 1 is 1.35 bits per heavy atom. The van der Waals surface area contributed by atoms with Gasteiger partial charge in [0, 0.05) is 17.5 Å². The summed E-state index contributed by atoms with van der Waals surface area (Å²) in [6, 6.07) is 5.02. The molecule has 6 heteroatoms. The molecule has 0 aliphatic carbocycles. The van der Waals surface area contributed by atoms with E-state index >= 15 is 0 Å². The van der Waals surface area contributed by atoms with Gasteiger partial charge < -0.3 is 0 Å². The molecule has 0 saturated carbocycles. The topological polar surface area (TPSA) is 34.9 Å². The molecule has 0 radical (unpaired) electrons. The van der Waals surface area contributed by atoms with Crippen molar-refractivity contribution in [3.8, 4) is 0 Å². The van der Waals surface area contributed by atoms with E-state index in [1.54, 1.807) is 0 Å². The molecule has 0 spiro atoms. The SMILES string of the molecule is CC(C)c1nc(Cl)cc(=O)n1Cc1cccc(F)c1F. The Bertz CT molecular complexity index is 698. The van der Waals surface area contributed by atoms with Crippen LogP contribution < -0.4 is 5.56 Å². The molecule has 1 aromatic carbocycles. The molecular weight excluding hydrogens is 286 g/mol. The van der Waals surface area contributed by atoms with E-state index in [9.17, 15) is 13.6 Å². The van der Waals surface area contributed by atoms with Crippen molar-refractivity contribution in [2.24, 2.45) is 0 Å². The molecule has 2 aromatic rings. The molecule has 0 unspecified atom stereocenters. The summed E-state index contributed by atoms with van der Waals surface area (Å²) in [5, 5.41) is 0.0923. The molecule has 1 aromatic heterocycles. The monoisotopic (exact) mass is 298 g/mol. The number of aromatic nitrogens is 2. The van der Waals surface area contributed by atoms with Crippen molar-refractivity contribution in [2.75, 3.05) is 0 Å². The van der Waals surface area contributed by atoms with Gasteiger partial charge in [-0.05, 0) is 6.07 Å². The van der Waals surface area contributed by atoms with Crippen LogP contribution in [0.25, 0.3) is 0 Å². The van der Waals surface area contributed by atoms with Crippen LogP contribution >= 0.6 is 11.6 Å². The average Bonchev–Trinajstić information content (AvgIpc) is 2.37. The van der Waals surface area contributed by atoms with Crippen molar-refractivity contribution in [1.82, 2.24) is 9.55 Å². The second-order valence-corrected chi connectivity index (χ2v) is 5.12. The van der Waals surface area contributed by atoms with Crippen LogP contribution in [0.4, 0.5) is 8.78 Å². The predicted molar refractivity (Wildman–Crippen MR) is 73.1 cm³/mol. The first kappa shape index (κ1) is 14.7. The molecule has 0 N–H and O–H groups in total. The lowest BCUT2D eigenvalue weighted by Crippen LogP contribution is -2.26. The van der Waals surface area contributed by atoms with Crippen molar-refractivity contribution >= 4 is 11.6 Å². The molecule has 2 rings (SSSR count). The number of hydrogen-bond acceptors (Lipinski definition) is 2. The first-order valence-corrected chi connectivity index (χ1v) is 6.48. The lowest BCUT2D eigenvalue weighted by atomic mass is 10.1. The lowest BCUT2D eigenvalue weighted by molar-refractivity contribution is 0.491. The largest absolute Gasteiger partial charge is 0.292 e. The Labute approximate surface area is 119 Å². The fourth-order valence-electron chi connectivity index (χ4n) is 1.94. The Hall–Kier alpha value is -1.75. The highest BCUT2D eigenvalue weighted by Gasteiger charge is 2.14. The minimum atomic E-state index is -0.955. The van der Waals surface area contributed by atoms with E-state index in [0.717, 1.165) is 12.1 Å². The quantitative estimate of drug-likeness (QED) is 0.815. The number of rotatable bonds is 3. The van der Waals surface area contributed by atoms with Crippen molar-refractivity contribution in [2.45, 2.75) is 26.3 Å². The third-order valence-electron chi connectivity index (χ3n) is 2.88. The number of nitrogens with zero attached hydrogens (tertiary/aromatic N) is 2. The third kappa shape index (κ3) is 2.88. The first-order chi connectivity index (χ1) is 9.40. The van der Waals surface area contributed by atoms with E-state index in [4.69, 9.17) is 11.6 Å². The maximum Gasteiger partial charge on any atom is 0.255 e. The normalized spacial score (nSPS) is 11.1. The summed E-state index contributed by atoms with van der Waals surface area (Å²) >= 11 is 5.77. The van der Waals surface area contributed by atoms with Gasteiger partial charge in [-0.15, -0.1) is 0 Å². The van der Waals surface area contributed by atoms with Gasteiger partial charge >= 0.3 is 0 Å². The molecule has 106 valence electrons. The molecule has 0 fully saturated rings. The van der Waals surface area contributed by atoms with Gasteiger partial charge in [0.2, 0.25) is 0 Å². The summed E-state index contributed by atoms with van der Waals surface area (Å²) in [6.45, 7) is 3.60. The van der Waals surface area contributed by atoms with Gasteiger partial charge in [-0.3, -0.25) is 9.36 Å². The fourth-order valence-corrected chi connectivity index (χ4v) is 2.12. The fraction of sp³-hybridized carbons (Fsp3) is 0.286. The van der Waals surface area contributed by atoms with E-state index in [-0.39, 0.29) is 23.2 Å². The Morgan fingerprint density at radius 3 is 2.70 bits per heavy atom. The second-order valence-electron chi connectivity index (χ2n) is 4.73. The highest BCUT2D eigenvalue weighted by molar-refractivity contribution is 6.29. The smallest absolute Gasteiger partial charge is 0.255 e. The van der Waals surface area contributed by atoms with Crippen LogP contribution in [-0.4, -0.2) is 9.55 Å². The van der Waals surface area contributed by atoms with Crippen molar-refractivity contribution in [3.05, 3.63) is 62.8 Å². The standard InChI is InChI=1S/C14H13ClF2N2O/c1-8(2)14-18-11(15)6-12(20)19(14)7-9-4-3-5-10(16)13(9)17/h3-6,8H,7H2,1-2H3. The van der Waals surface area contributed by atoms with E-state index in [2.05, 4.69) is 4.98 Å². The van der Waals surface area contributed by atoms with Crippen LogP contribution in [0.2, 0.25) is 5.15 Å². The average molecular weight is 299 g/mol. The van der Waals surface area contributed by atoms with Crippen molar-refractivity contribution < 1.29 is 8.78 Å². The molecule has 0 amide bonds. The summed E-state index contributed by atoms with van der Waals surface area (Å²) in [5.41, 5.74) is -0.296. The zero-order valence-corrected chi connectivity index (χ0v) is 11.8. The predicted octanol–water partition coefficient (Wildman–Crippen LogP) is 3.35. The van der Waals surface area contributed by atoms with Gasteiger partial charge in [0.15, 0.2) is 11.6 Å². The minimum absolute atomic E-state index is 0.0713. The summed E-state index contributed by atoms with van der Waals surface area (Å²) in [7, 11) is 0. The molecule has 3 nitrogen and oxygen atoms in total. The van der Waals surface area contributed by atoms with Crippen LogP contribution in [0.5, 0.6) is 0 Å². The summed E-state index contributed by atoms with van der Waals surface area (Å²) in [5.74, 6) is -1.53. The van der Waals surface area contributed by atoms with Crippen LogP contribution in [0, 0.1) is 11.6 Å². The lowest BCUT2D eigenvalue weighted by Gasteiger charge is -2.15. The van der Waals surface area contributed by atoms with Crippen LogP contribution in [-0.2, 0) is 6.54 Å². The molecule has 0 aliphatic rings. The summed E-state index contributed by atoms with van der Waals surface area (Å²) in [4.78, 5) is 16.1. The number of benzene rings is 1. The highest BCUT2D eigenvalue weighted by atomic mass is 35.5. The number of hydrogen-bond donors (Lipinski definition) is 0. The van der Waals surface area contributed by atoms with Crippen LogP contribution in [0.3, 0.4) is 0 Å². The third-order valence-corrected chi connectivity index (χ3v) is 3.08. The molecular formula is C14H13ClF2N2O. The van der Waals surface area contributed by atoms with E-state index in [1.807, 2.05) is 13.8 Å². The Morgan fingerprint density at radius 2 is 2.05 bits per heavy atom. The maximum absolute atomic E-state index is 13.7. The van der Waals surface area contributed by atoms with Gasteiger partial charge in [-0.2, -0.15) is 0 Å². The summed E-state index contributed by atoms with van der Waals surface area (Å²) in [6.07, 6.45) is 0. The van der Waals surface area contributed by atoms with Gasteiger partial charge in [0.1, 0.15) is 11.0 Å². The van der Waals surface area contributed by atoms with E-state index in [0.29, 0.717) is 5.82 Å². The van der Waals surface area contributed by atoms with Crippen molar-refractivity contribution in [3.63, 3.8) is 0 Å². The van der Waals surface area contributed by atoms with Gasteiger partial charge in [-0.1, -0.05) is 37.6 Å². The Kier molecular flexibility index (Phi) is 4.18.